The van der Waals surface area contributed by atoms with Crippen LogP contribution in [0.1, 0.15) is 23.2 Å². The number of amides is 3. The summed E-state index contributed by atoms with van der Waals surface area (Å²) >= 11 is 9.24. The van der Waals surface area contributed by atoms with Crippen LogP contribution in [0, 0.1) is 0 Å². The largest absolute Gasteiger partial charge is 0.316 e. The second-order valence-electron chi connectivity index (χ2n) is 6.73. The van der Waals surface area contributed by atoms with E-state index in [9.17, 15) is 14.4 Å². The van der Waals surface area contributed by atoms with Gasteiger partial charge in [-0.05, 0) is 42.7 Å². The molecule has 4 rings (SSSR count). The van der Waals surface area contributed by atoms with Gasteiger partial charge in [-0.2, -0.15) is 16.8 Å². The zero-order chi connectivity index (χ0) is 21.3. The number of aromatic nitrogens is 1. The quantitative estimate of drug-likeness (QED) is 0.538. The fourth-order valence-corrected chi connectivity index (χ4v) is 5.02. The van der Waals surface area contributed by atoms with Gasteiger partial charge in [0.05, 0.1) is 15.9 Å². The molecule has 0 spiro atoms. The van der Waals surface area contributed by atoms with Gasteiger partial charge in [-0.15, -0.1) is 0 Å². The monoisotopic (exact) mass is 459 g/mol. The topological polar surface area (TPSA) is 71.7 Å². The third-order valence-electron chi connectivity index (χ3n) is 4.76. The maximum absolute atomic E-state index is 12.9. The molecule has 1 aromatic heterocycles. The minimum absolute atomic E-state index is 0.196. The van der Waals surface area contributed by atoms with Crippen LogP contribution in [-0.4, -0.2) is 34.3 Å². The van der Waals surface area contributed by atoms with Crippen LogP contribution in [0.4, 0.5) is 5.69 Å². The summed E-state index contributed by atoms with van der Waals surface area (Å²) in [7, 11) is 0. The van der Waals surface area contributed by atoms with E-state index in [1.54, 1.807) is 36.0 Å². The average molecular weight is 460 g/mol. The van der Waals surface area contributed by atoms with Crippen molar-refractivity contribution in [1.82, 2.24) is 4.57 Å². The molecule has 0 unspecified atom stereocenters. The second kappa shape index (κ2) is 8.75. The normalized spacial score (nSPS) is 14.9. The highest BCUT2D eigenvalue weighted by Crippen LogP contribution is 2.24. The number of fused-ring (bicyclic) bond motifs is 1. The van der Waals surface area contributed by atoms with Crippen LogP contribution in [0.2, 0.25) is 5.02 Å². The van der Waals surface area contributed by atoms with Crippen LogP contribution in [0.3, 0.4) is 0 Å². The van der Waals surface area contributed by atoms with Crippen molar-refractivity contribution >= 4 is 68.3 Å². The molecular weight excluding hydrogens is 442 g/mol. The first kappa shape index (κ1) is 20.8. The number of thiazole rings is 1. The summed E-state index contributed by atoms with van der Waals surface area (Å²) in [5.41, 5.74) is 1.71. The van der Waals surface area contributed by atoms with Crippen molar-refractivity contribution in [3.05, 3.63) is 57.9 Å². The van der Waals surface area contributed by atoms with Gasteiger partial charge < -0.3 is 4.57 Å². The fraction of sp³-hybridized carbons (Fsp3) is 0.238. The molecule has 0 atom stereocenters. The van der Waals surface area contributed by atoms with E-state index in [4.69, 9.17) is 11.6 Å². The molecule has 0 aliphatic carbocycles. The minimum Gasteiger partial charge on any atom is -0.316 e. The number of imide groups is 1. The molecule has 1 fully saturated rings. The molecule has 0 saturated carbocycles. The summed E-state index contributed by atoms with van der Waals surface area (Å²) in [5, 5.41) is 0.631. The third-order valence-corrected chi connectivity index (χ3v) is 6.63. The Hall–Kier alpha value is -2.42. The number of carbonyl (C=O) groups is 3. The predicted octanol–water partition coefficient (Wildman–Crippen LogP) is 4.11. The third kappa shape index (κ3) is 4.08. The molecule has 3 aromatic rings. The van der Waals surface area contributed by atoms with E-state index in [-0.39, 0.29) is 24.7 Å². The molecule has 2 aromatic carbocycles. The van der Waals surface area contributed by atoms with Crippen molar-refractivity contribution in [3.63, 3.8) is 0 Å². The molecule has 30 heavy (non-hydrogen) atoms. The maximum atomic E-state index is 12.9. The van der Waals surface area contributed by atoms with Crippen molar-refractivity contribution in [2.75, 3.05) is 16.9 Å². The lowest BCUT2D eigenvalue weighted by Crippen LogP contribution is -2.28. The van der Waals surface area contributed by atoms with Gasteiger partial charge in [0, 0.05) is 35.7 Å². The number of carbonyl (C=O) groups excluding carboxylic acids is 3. The summed E-state index contributed by atoms with van der Waals surface area (Å²) in [5.74, 6) is -0.0491. The van der Waals surface area contributed by atoms with Gasteiger partial charge in [0.25, 0.3) is 5.91 Å². The van der Waals surface area contributed by atoms with Crippen LogP contribution in [0.5, 0.6) is 0 Å². The lowest BCUT2D eigenvalue weighted by Gasteiger charge is -2.14. The first-order valence-electron chi connectivity index (χ1n) is 9.30. The Bertz CT molecular complexity index is 1220. The van der Waals surface area contributed by atoms with E-state index in [1.807, 2.05) is 29.0 Å². The molecule has 9 heteroatoms. The Kier molecular flexibility index (Phi) is 6.08. The zero-order valence-electron chi connectivity index (χ0n) is 16.1. The fourth-order valence-electron chi connectivity index (χ4n) is 3.33. The van der Waals surface area contributed by atoms with Gasteiger partial charge in [-0.1, -0.05) is 29.0 Å². The smallest absolute Gasteiger partial charge is 0.279 e. The van der Waals surface area contributed by atoms with Gasteiger partial charge >= 0.3 is 0 Å². The number of anilines is 1. The number of rotatable bonds is 5. The lowest BCUT2D eigenvalue weighted by molar-refractivity contribution is -0.121. The lowest BCUT2D eigenvalue weighted by atomic mass is 10.2. The summed E-state index contributed by atoms with van der Waals surface area (Å²) in [6.45, 7) is 0.714. The Morgan fingerprint density at radius 2 is 1.93 bits per heavy atom. The molecular formula is C21H18ClN3O3S2. The predicted molar refractivity (Wildman–Crippen MR) is 121 cm³/mol. The van der Waals surface area contributed by atoms with Crippen LogP contribution >= 0.6 is 34.7 Å². The van der Waals surface area contributed by atoms with E-state index in [2.05, 4.69) is 4.99 Å². The van der Waals surface area contributed by atoms with Crippen LogP contribution < -0.4 is 9.70 Å². The summed E-state index contributed by atoms with van der Waals surface area (Å²) in [6, 6.07) is 12.1. The van der Waals surface area contributed by atoms with Crippen LogP contribution in [0.15, 0.2) is 47.5 Å². The highest BCUT2D eigenvalue weighted by Gasteiger charge is 2.30. The minimum atomic E-state index is -0.425. The summed E-state index contributed by atoms with van der Waals surface area (Å²) < 4.78 is 2.97. The number of benzene rings is 2. The number of nitrogens with zero attached hydrogens (tertiary/aromatic N) is 3. The zero-order valence-corrected chi connectivity index (χ0v) is 18.5. The summed E-state index contributed by atoms with van der Waals surface area (Å²) in [4.78, 5) is 43.0. The van der Waals surface area contributed by atoms with E-state index < -0.39 is 5.91 Å². The molecule has 0 radical (unpaired) electrons. The molecule has 1 aliphatic rings. The van der Waals surface area contributed by atoms with Gasteiger partial charge in [-0.25, -0.2) is 0 Å². The van der Waals surface area contributed by atoms with Gasteiger partial charge in [0.2, 0.25) is 11.8 Å². The van der Waals surface area contributed by atoms with Crippen molar-refractivity contribution in [2.45, 2.75) is 19.4 Å². The highest BCUT2D eigenvalue weighted by atomic mass is 35.5. The van der Waals surface area contributed by atoms with Crippen molar-refractivity contribution in [1.29, 1.82) is 0 Å². The Morgan fingerprint density at radius 3 is 2.67 bits per heavy atom. The van der Waals surface area contributed by atoms with Crippen LogP contribution in [-0.2, 0) is 16.1 Å². The standard InChI is InChI=1S/C21H18ClN3O3S2/c1-29-10-9-24-16-6-5-14(22)12-17(16)30-21(24)23-20(28)13-3-2-4-15(11-13)25-18(26)7-8-19(25)27/h2-6,11-12H,7-10H2,1H3. The molecule has 1 saturated heterocycles. The van der Waals surface area contributed by atoms with Crippen LogP contribution in [0.25, 0.3) is 10.2 Å². The Morgan fingerprint density at radius 1 is 1.17 bits per heavy atom. The van der Waals surface area contributed by atoms with Gasteiger partial charge in [0.1, 0.15) is 0 Å². The highest BCUT2D eigenvalue weighted by molar-refractivity contribution is 7.98. The molecule has 1 aliphatic heterocycles. The average Bonchev–Trinajstić information content (AvgIpc) is 3.24. The van der Waals surface area contributed by atoms with E-state index >= 15 is 0 Å². The van der Waals surface area contributed by atoms with Crippen molar-refractivity contribution < 1.29 is 14.4 Å². The summed E-state index contributed by atoms with van der Waals surface area (Å²) in [6.07, 6.45) is 2.42. The SMILES string of the molecule is CSCCn1c(=NC(=O)c2cccc(N3C(=O)CCC3=O)c2)sc2cc(Cl)ccc21. The van der Waals surface area contributed by atoms with E-state index in [0.717, 1.165) is 20.9 Å². The Labute approximate surface area is 186 Å². The number of hydrogen-bond acceptors (Lipinski definition) is 5. The maximum Gasteiger partial charge on any atom is 0.279 e. The van der Waals surface area contributed by atoms with Gasteiger partial charge in [0.15, 0.2) is 4.80 Å². The molecule has 0 bridgehead atoms. The van der Waals surface area contributed by atoms with E-state index in [1.165, 1.54) is 11.3 Å². The molecule has 2 heterocycles. The van der Waals surface area contributed by atoms with E-state index in [0.29, 0.717) is 27.6 Å². The molecule has 154 valence electrons. The number of hydrogen-bond donors (Lipinski definition) is 0. The first-order valence-corrected chi connectivity index (χ1v) is 11.9. The van der Waals surface area contributed by atoms with Gasteiger partial charge in [-0.3, -0.25) is 19.3 Å². The number of aryl methyl sites for hydroxylation is 1. The van der Waals surface area contributed by atoms with Crippen molar-refractivity contribution in [3.8, 4) is 0 Å². The molecule has 6 nitrogen and oxygen atoms in total. The Balaban J connectivity index is 1.74. The first-order chi connectivity index (χ1) is 14.5. The molecule has 0 N–H and O–H groups in total. The number of halogens is 1. The number of thioether (sulfide) groups is 1. The van der Waals surface area contributed by atoms with Crippen molar-refractivity contribution in [2.24, 2.45) is 4.99 Å². The molecule has 3 amide bonds. The second-order valence-corrected chi connectivity index (χ2v) is 9.16.